The molecule has 1 saturated heterocycles. The van der Waals surface area contributed by atoms with Crippen LogP contribution in [0.25, 0.3) is 0 Å². The summed E-state index contributed by atoms with van der Waals surface area (Å²) in [6.45, 7) is 3.09. The molecule has 3 rings (SSSR count). The van der Waals surface area contributed by atoms with Crippen molar-refractivity contribution in [1.29, 1.82) is 0 Å². The van der Waals surface area contributed by atoms with Gasteiger partial charge in [0.15, 0.2) is 5.82 Å². The summed E-state index contributed by atoms with van der Waals surface area (Å²) < 4.78 is 57.3. The van der Waals surface area contributed by atoms with Crippen LogP contribution in [-0.2, 0) is 10.9 Å². The lowest BCUT2D eigenvalue weighted by Gasteiger charge is -2.33. The number of rotatable bonds is 6. The summed E-state index contributed by atoms with van der Waals surface area (Å²) in [4.78, 5) is 34.8. The van der Waals surface area contributed by atoms with Crippen LogP contribution in [-0.4, -0.2) is 70.0 Å². The molecule has 0 saturated carbocycles. The molecule has 0 bridgehead atoms. The summed E-state index contributed by atoms with van der Waals surface area (Å²) in [7, 11) is 0. The summed E-state index contributed by atoms with van der Waals surface area (Å²) in [5.74, 6) is -0.161. The Balaban J connectivity index is 1.45. The van der Waals surface area contributed by atoms with Crippen LogP contribution in [0, 0.1) is 5.82 Å². The van der Waals surface area contributed by atoms with Crippen LogP contribution >= 0.6 is 0 Å². The van der Waals surface area contributed by atoms with E-state index >= 15 is 0 Å². The van der Waals surface area contributed by atoms with E-state index in [1.807, 2.05) is 4.90 Å². The second-order valence-electron chi connectivity index (χ2n) is 7.10. The highest BCUT2D eigenvalue weighted by atomic mass is 19.4. The van der Waals surface area contributed by atoms with Crippen molar-refractivity contribution in [3.8, 4) is 0 Å². The molecule has 33 heavy (non-hydrogen) atoms. The van der Waals surface area contributed by atoms with Crippen LogP contribution in [0.4, 0.5) is 34.0 Å². The minimum Gasteiger partial charge on any atom is -0.445 e. The summed E-state index contributed by atoms with van der Waals surface area (Å²) in [6.07, 6.45) is 0.613. The van der Waals surface area contributed by atoms with Crippen molar-refractivity contribution in [3.63, 3.8) is 0 Å². The predicted molar refractivity (Wildman–Crippen MR) is 109 cm³/mol. The molecule has 1 amide bonds. The SMILES string of the molecule is CC(/C=C/COC(=O)N1CCN(c2ncc(F)cn2)CC1)Nc1cn[nH]c(=O)c1C(F)(F)F. The van der Waals surface area contributed by atoms with Gasteiger partial charge in [0.1, 0.15) is 12.2 Å². The fraction of sp³-hybridized carbons (Fsp3) is 0.421. The molecule has 0 radical (unpaired) electrons. The molecular weight excluding hydrogens is 450 g/mol. The molecule has 2 aromatic heterocycles. The van der Waals surface area contributed by atoms with Gasteiger partial charge in [-0.05, 0) is 13.0 Å². The maximum absolute atomic E-state index is 13.1. The first-order valence-electron chi connectivity index (χ1n) is 9.87. The van der Waals surface area contributed by atoms with Gasteiger partial charge in [-0.15, -0.1) is 0 Å². The lowest BCUT2D eigenvalue weighted by atomic mass is 10.2. The Morgan fingerprint density at radius 3 is 2.55 bits per heavy atom. The number of hydrogen-bond donors (Lipinski definition) is 2. The summed E-state index contributed by atoms with van der Waals surface area (Å²) in [6, 6.07) is -0.604. The van der Waals surface area contributed by atoms with Gasteiger partial charge in [-0.2, -0.15) is 18.3 Å². The van der Waals surface area contributed by atoms with Crippen molar-refractivity contribution in [2.24, 2.45) is 0 Å². The van der Waals surface area contributed by atoms with Crippen LogP contribution in [0.5, 0.6) is 0 Å². The van der Waals surface area contributed by atoms with E-state index in [2.05, 4.69) is 20.4 Å². The fourth-order valence-corrected chi connectivity index (χ4v) is 3.11. The lowest BCUT2D eigenvalue weighted by Crippen LogP contribution is -2.49. The van der Waals surface area contributed by atoms with E-state index in [4.69, 9.17) is 4.74 Å². The molecule has 1 fully saturated rings. The van der Waals surface area contributed by atoms with Crippen LogP contribution in [0.15, 0.2) is 35.5 Å². The molecule has 178 valence electrons. The number of nitrogens with one attached hydrogen (secondary N) is 2. The van der Waals surface area contributed by atoms with Crippen molar-refractivity contribution in [2.45, 2.75) is 19.1 Å². The fourth-order valence-electron chi connectivity index (χ4n) is 3.11. The number of ether oxygens (including phenoxy) is 1. The topological polar surface area (TPSA) is 116 Å². The molecule has 0 spiro atoms. The van der Waals surface area contributed by atoms with Crippen LogP contribution in [0.3, 0.4) is 0 Å². The Hall–Kier alpha value is -3.71. The van der Waals surface area contributed by atoms with E-state index in [1.165, 1.54) is 17.1 Å². The number of nitrogens with zero attached hydrogens (tertiary/aromatic N) is 5. The Labute approximate surface area is 185 Å². The van der Waals surface area contributed by atoms with E-state index in [0.717, 1.165) is 18.6 Å². The lowest BCUT2D eigenvalue weighted by molar-refractivity contribution is -0.138. The molecule has 1 atom stereocenters. The van der Waals surface area contributed by atoms with Crippen LogP contribution < -0.4 is 15.8 Å². The standard InChI is InChI=1S/C19H21F4N7O3/c1-12(27-14-11-26-28-16(31)15(14)19(21,22)23)3-2-8-33-18(32)30-6-4-29(5-7-30)17-24-9-13(20)10-25-17/h2-3,9-12H,4-8H2,1H3,(H2,27,28,31)/b3-2+. The van der Waals surface area contributed by atoms with Gasteiger partial charge in [0, 0.05) is 32.2 Å². The highest BCUT2D eigenvalue weighted by molar-refractivity contribution is 5.68. The molecule has 0 aliphatic carbocycles. The van der Waals surface area contributed by atoms with Gasteiger partial charge in [0.25, 0.3) is 5.56 Å². The monoisotopic (exact) mass is 471 g/mol. The quantitative estimate of drug-likeness (QED) is 0.486. The molecule has 3 heterocycles. The Kier molecular flexibility index (Phi) is 7.45. The first-order valence-corrected chi connectivity index (χ1v) is 9.87. The number of aromatic nitrogens is 4. The average molecular weight is 471 g/mol. The number of halogens is 4. The summed E-state index contributed by atoms with van der Waals surface area (Å²) >= 11 is 0. The van der Waals surface area contributed by atoms with Crippen molar-refractivity contribution in [2.75, 3.05) is 43.0 Å². The van der Waals surface area contributed by atoms with Crippen molar-refractivity contribution >= 4 is 17.7 Å². The molecule has 2 N–H and O–H groups in total. The maximum Gasteiger partial charge on any atom is 0.423 e. The number of hydrogen-bond acceptors (Lipinski definition) is 8. The third-order valence-corrected chi connectivity index (χ3v) is 4.68. The third kappa shape index (κ3) is 6.40. The average Bonchev–Trinajstić information content (AvgIpc) is 2.76. The number of piperazine rings is 1. The number of H-pyrrole nitrogens is 1. The molecule has 2 aromatic rings. The third-order valence-electron chi connectivity index (χ3n) is 4.68. The molecule has 0 aromatic carbocycles. The second kappa shape index (κ2) is 10.3. The van der Waals surface area contributed by atoms with Gasteiger partial charge in [-0.1, -0.05) is 6.08 Å². The zero-order valence-corrected chi connectivity index (χ0v) is 17.5. The smallest absolute Gasteiger partial charge is 0.423 e. The number of anilines is 2. The first-order chi connectivity index (χ1) is 15.6. The molecule has 1 aliphatic rings. The van der Waals surface area contributed by atoms with Crippen LogP contribution in [0.1, 0.15) is 12.5 Å². The van der Waals surface area contributed by atoms with E-state index in [1.54, 1.807) is 12.0 Å². The van der Waals surface area contributed by atoms with Gasteiger partial charge < -0.3 is 19.9 Å². The zero-order valence-electron chi connectivity index (χ0n) is 17.5. The van der Waals surface area contributed by atoms with Crippen molar-refractivity contribution < 1.29 is 27.1 Å². The Bertz CT molecular complexity index is 1030. The minimum absolute atomic E-state index is 0.0914. The van der Waals surface area contributed by atoms with E-state index in [9.17, 15) is 27.2 Å². The number of amides is 1. The normalized spacial score (nSPS) is 15.5. The largest absolute Gasteiger partial charge is 0.445 e. The van der Waals surface area contributed by atoms with Gasteiger partial charge in [-0.3, -0.25) is 4.79 Å². The first kappa shape index (κ1) is 23.9. The maximum atomic E-state index is 13.1. The predicted octanol–water partition coefficient (Wildman–Crippen LogP) is 2.03. The number of carbonyl (C=O) groups excluding carboxylic acids is 1. The van der Waals surface area contributed by atoms with Crippen LogP contribution in [0.2, 0.25) is 0 Å². The van der Waals surface area contributed by atoms with Gasteiger partial charge in [-0.25, -0.2) is 24.3 Å². The number of carbonyl (C=O) groups is 1. The minimum atomic E-state index is -4.84. The number of alkyl halides is 3. The Morgan fingerprint density at radius 1 is 1.24 bits per heavy atom. The highest BCUT2D eigenvalue weighted by Crippen LogP contribution is 2.31. The number of aromatic amines is 1. The highest BCUT2D eigenvalue weighted by Gasteiger charge is 2.37. The Morgan fingerprint density at radius 2 is 1.91 bits per heavy atom. The van der Waals surface area contributed by atoms with Crippen molar-refractivity contribution in [1.82, 2.24) is 25.1 Å². The second-order valence-corrected chi connectivity index (χ2v) is 7.10. The van der Waals surface area contributed by atoms with Gasteiger partial charge in [0.2, 0.25) is 5.95 Å². The van der Waals surface area contributed by atoms with E-state index in [-0.39, 0.29) is 6.61 Å². The van der Waals surface area contributed by atoms with E-state index in [0.29, 0.717) is 32.1 Å². The molecule has 10 nitrogen and oxygen atoms in total. The molecule has 14 heteroatoms. The van der Waals surface area contributed by atoms with Gasteiger partial charge >= 0.3 is 12.3 Å². The summed E-state index contributed by atoms with van der Waals surface area (Å²) in [5, 5.41) is 7.70. The molecule has 1 unspecified atom stereocenters. The summed E-state index contributed by atoms with van der Waals surface area (Å²) in [5.41, 5.74) is -3.17. The molecular formula is C19H21F4N7O3. The van der Waals surface area contributed by atoms with E-state index < -0.39 is 40.9 Å². The zero-order chi connectivity index (χ0) is 24.0. The van der Waals surface area contributed by atoms with Crippen molar-refractivity contribution in [3.05, 3.63) is 52.5 Å². The molecule has 1 aliphatic heterocycles. The van der Waals surface area contributed by atoms with Gasteiger partial charge in [0.05, 0.1) is 24.3 Å².